The van der Waals surface area contributed by atoms with Crippen molar-refractivity contribution in [2.24, 2.45) is 0 Å². The number of aliphatic carboxylic acids is 1. The standard InChI is InChI=1S/C12H23N3O4/c1-9(11(18)15(2)3)14-12(19)13-8-6-4-5-7-10(16)17/h9H,4-8H2,1-3H3,(H,16,17)(H2,13,14,19). The van der Waals surface area contributed by atoms with Crippen LogP contribution in [0.15, 0.2) is 0 Å². The molecule has 0 radical (unpaired) electrons. The Morgan fingerprint density at radius 1 is 1.16 bits per heavy atom. The molecule has 0 aromatic rings. The zero-order chi connectivity index (χ0) is 14.8. The van der Waals surface area contributed by atoms with Gasteiger partial charge in [0.15, 0.2) is 0 Å². The van der Waals surface area contributed by atoms with Crippen LogP contribution in [-0.2, 0) is 9.59 Å². The first kappa shape index (κ1) is 17.2. The molecule has 0 saturated heterocycles. The zero-order valence-corrected chi connectivity index (χ0v) is 11.7. The zero-order valence-electron chi connectivity index (χ0n) is 11.7. The molecule has 0 aromatic heterocycles. The maximum atomic E-state index is 11.5. The number of carboxylic acids is 1. The van der Waals surface area contributed by atoms with E-state index in [9.17, 15) is 14.4 Å². The lowest BCUT2D eigenvalue weighted by Crippen LogP contribution is -2.48. The molecule has 1 unspecified atom stereocenters. The normalized spacial score (nSPS) is 11.5. The largest absolute Gasteiger partial charge is 0.481 e. The topological polar surface area (TPSA) is 98.7 Å². The number of urea groups is 1. The minimum absolute atomic E-state index is 0.153. The third kappa shape index (κ3) is 8.87. The number of nitrogens with one attached hydrogen (secondary N) is 2. The van der Waals surface area contributed by atoms with E-state index in [-0.39, 0.29) is 18.4 Å². The van der Waals surface area contributed by atoms with Crippen LogP contribution in [0.1, 0.15) is 32.6 Å². The Hall–Kier alpha value is -1.79. The summed E-state index contributed by atoms with van der Waals surface area (Å²) in [5.41, 5.74) is 0. The van der Waals surface area contributed by atoms with Crippen LogP contribution in [0.5, 0.6) is 0 Å². The lowest BCUT2D eigenvalue weighted by atomic mass is 10.2. The van der Waals surface area contributed by atoms with Crippen LogP contribution in [0, 0.1) is 0 Å². The Kier molecular flexibility index (Phi) is 8.32. The highest BCUT2D eigenvalue weighted by molar-refractivity contribution is 5.86. The van der Waals surface area contributed by atoms with Crippen LogP contribution >= 0.6 is 0 Å². The summed E-state index contributed by atoms with van der Waals surface area (Å²) in [6.07, 6.45) is 2.23. The van der Waals surface area contributed by atoms with E-state index in [0.29, 0.717) is 13.0 Å². The van der Waals surface area contributed by atoms with Crippen LogP contribution in [-0.4, -0.2) is 54.6 Å². The summed E-state index contributed by atoms with van der Waals surface area (Å²) in [4.78, 5) is 34.6. The molecule has 7 nitrogen and oxygen atoms in total. The van der Waals surface area contributed by atoms with Gasteiger partial charge in [0.25, 0.3) is 0 Å². The molecule has 0 aliphatic rings. The van der Waals surface area contributed by atoms with Gasteiger partial charge in [0.1, 0.15) is 6.04 Å². The molecule has 3 amide bonds. The highest BCUT2D eigenvalue weighted by atomic mass is 16.4. The van der Waals surface area contributed by atoms with Crippen LogP contribution in [0.3, 0.4) is 0 Å². The Morgan fingerprint density at radius 3 is 2.32 bits per heavy atom. The quantitative estimate of drug-likeness (QED) is 0.558. The summed E-state index contributed by atoms with van der Waals surface area (Å²) in [6, 6.07) is -0.956. The summed E-state index contributed by atoms with van der Waals surface area (Å²) in [5, 5.41) is 13.6. The Bertz CT molecular complexity index is 318. The van der Waals surface area contributed by atoms with Crippen molar-refractivity contribution in [2.45, 2.75) is 38.6 Å². The van der Waals surface area contributed by atoms with Crippen molar-refractivity contribution in [3.05, 3.63) is 0 Å². The van der Waals surface area contributed by atoms with Crippen molar-refractivity contribution in [3.63, 3.8) is 0 Å². The fraction of sp³-hybridized carbons (Fsp3) is 0.750. The minimum atomic E-state index is -0.804. The lowest BCUT2D eigenvalue weighted by molar-refractivity contribution is -0.137. The third-order valence-electron chi connectivity index (χ3n) is 2.51. The molecular formula is C12H23N3O4. The first-order valence-corrected chi connectivity index (χ1v) is 6.32. The van der Waals surface area contributed by atoms with Crippen molar-refractivity contribution in [2.75, 3.05) is 20.6 Å². The number of unbranched alkanes of at least 4 members (excludes halogenated alkanes) is 2. The van der Waals surface area contributed by atoms with Crippen LogP contribution < -0.4 is 10.6 Å². The Balaban J connectivity index is 3.65. The lowest BCUT2D eigenvalue weighted by Gasteiger charge is -2.18. The molecule has 0 aromatic carbocycles. The number of carboxylic acid groups (broad SMARTS) is 1. The number of likely N-dealkylation sites (N-methyl/N-ethyl adjacent to an activating group) is 1. The fourth-order valence-corrected chi connectivity index (χ4v) is 1.48. The van der Waals surface area contributed by atoms with Crippen molar-refractivity contribution >= 4 is 17.9 Å². The van der Waals surface area contributed by atoms with Crippen LogP contribution in [0.4, 0.5) is 4.79 Å². The third-order valence-corrected chi connectivity index (χ3v) is 2.51. The van der Waals surface area contributed by atoms with Crippen molar-refractivity contribution in [3.8, 4) is 0 Å². The molecule has 0 aliphatic heterocycles. The number of carbonyl (C=O) groups excluding carboxylic acids is 2. The second-order valence-electron chi connectivity index (χ2n) is 4.56. The maximum absolute atomic E-state index is 11.5. The number of nitrogens with zero attached hydrogens (tertiary/aromatic N) is 1. The highest BCUT2D eigenvalue weighted by Crippen LogP contribution is 1.98. The number of hydrogen-bond acceptors (Lipinski definition) is 3. The second-order valence-corrected chi connectivity index (χ2v) is 4.56. The van der Waals surface area contributed by atoms with Gasteiger partial charge in [0, 0.05) is 27.1 Å². The summed E-state index contributed by atoms with van der Waals surface area (Å²) >= 11 is 0. The first-order valence-electron chi connectivity index (χ1n) is 6.32. The molecule has 3 N–H and O–H groups in total. The summed E-state index contributed by atoms with van der Waals surface area (Å²) in [5.74, 6) is -0.974. The van der Waals surface area contributed by atoms with E-state index in [4.69, 9.17) is 5.11 Å². The average molecular weight is 273 g/mol. The predicted octanol–water partition coefficient (Wildman–Crippen LogP) is 0.407. The van der Waals surface area contributed by atoms with Crippen LogP contribution in [0.2, 0.25) is 0 Å². The minimum Gasteiger partial charge on any atom is -0.481 e. The maximum Gasteiger partial charge on any atom is 0.315 e. The van der Waals surface area contributed by atoms with Crippen molar-refractivity contribution in [1.82, 2.24) is 15.5 Å². The fourth-order valence-electron chi connectivity index (χ4n) is 1.48. The van der Waals surface area contributed by atoms with Crippen molar-refractivity contribution in [1.29, 1.82) is 0 Å². The molecule has 0 aliphatic carbocycles. The molecule has 0 spiro atoms. The van der Waals surface area contributed by atoms with Gasteiger partial charge in [-0.25, -0.2) is 4.79 Å². The molecule has 0 rings (SSSR count). The smallest absolute Gasteiger partial charge is 0.315 e. The number of rotatable bonds is 8. The molecule has 0 bridgehead atoms. The number of carbonyl (C=O) groups is 3. The van der Waals surface area contributed by atoms with Gasteiger partial charge in [0.05, 0.1) is 0 Å². The summed E-state index contributed by atoms with van der Waals surface area (Å²) in [6.45, 7) is 2.09. The Morgan fingerprint density at radius 2 is 1.79 bits per heavy atom. The van der Waals surface area contributed by atoms with E-state index in [1.807, 2.05) is 0 Å². The monoisotopic (exact) mass is 273 g/mol. The van der Waals surface area contributed by atoms with Gasteiger partial charge in [-0.3, -0.25) is 9.59 Å². The molecule has 0 fully saturated rings. The van der Waals surface area contributed by atoms with E-state index in [0.717, 1.165) is 12.8 Å². The Labute approximate surface area is 113 Å². The SMILES string of the molecule is CC(NC(=O)NCCCCCC(=O)O)C(=O)N(C)C. The van der Waals surface area contributed by atoms with E-state index in [1.54, 1.807) is 21.0 Å². The molecule has 0 heterocycles. The molecule has 1 atom stereocenters. The summed E-state index contributed by atoms with van der Waals surface area (Å²) < 4.78 is 0. The van der Waals surface area contributed by atoms with Gasteiger partial charge in [-0.15, -0.1) is 0 Å². The molecule has 0 saturated carbocycles. The number of amides is 3. The molecule has 110 valence electrons. The van der Waals surface area contributed by atoms with Crippen molar-refractivity contribution < 1.29 is 19.5 Å². The van der Waals surface area contributed by atoms with Crippen LogP contribution in [0.25, 0.3) is 0 Å². The molecular weight excluding hydrogens is 250 g/mol. The van der Waals surface area contributed by atoms with E-state index in [1.165, 1.54) is 4.90 Å². The average Bonchev–Trinajstić information content (AvgIpc) is 2.31. The van der Waals surface area contributed by atoms with Gasteiger partial charge in [0.2, 0.25) is 5.91 Å². The summed E-state index contributed by atoms with van der Waals surface area (Å²) in [7, 11) is 3.25. The van der Waals surface area contributed by atoms with Gasteiger partial charge in [-0.2, -0.15) is 0 Å². The molecule has 7 heteroatoms. The first-order chi connectivity index (χ1) is 8.84. The van der Waals surface area contributed by atoms with E-state index >= 15 is 0 Å². The predicted molar refractivity (Wildman–Crippen MR) is 70.8 cm³/mol. The van der Waals surface area contributed by atoms with Gasteiger partial charge in [-0.1, -0.05) is 6.42 Å². The van der Waals surface area contributed by atoms with E-state index < -0.39 is 12.0 Å². The van der Waals surface area contributed by atoms with E-state index in [2.05, 4.69) is 10.6 Å². The number of hydrogen-bond donors (Lipinski definition) is 3. The second kappa shape index (κ2) is 9.18. The van der Waals surface area contributed by atoms with Gasteiger partial charge >= 0.3 is 12.0 Å². The molecule has 19 heavy (non-hydrogen) atoms. The highest BCUT2D eigenvalue weighted by Gasteiger charge is 2.16. The van der Waals surface area contributed by atoms with Gasteiger partial charge < -0.3 is 20.6 Å². The van der Waals surface area contributed by atoms with Gasteiger partial charge in [-0.05, 0) is 19.8 Å².